The maximum atomic E-state index is 13.2. The van der Waals surface area contributed by atoms with Crippen LogP contribution in [-0.4, -0.2) is 39.0 Å². The lowest BCUT2D eigenvalue weighted by molar-refractivity contribution is -0.123. The van der Waals surface area contributed by atoms with Gasteiger partial charge in [0.1, 0.15) is 12.4 Å². The minimum absolute atomic E-state index is 0.0275. The maximum Gasteiger partial charge on any atom is 0.263 e. The van der Waals surface area contributed by atoms with E-state index < -0.39 is 29.7 Å². The van der Waals surface area contributed by atoms with E-state index in [1.165, 1.54) is 29.3 Å². The Balaban J connectivity index is 1.36. The van der Waals surface area contributed by atoms with Crippen molar-refractivity contribution < 1.29 is 18.5 Å². The van der Waals surface area contributed by atoms with Crippen LogP contribution in [0.3, 0.4) is 0 Å². The predicted octanol–water partition coefficient (Wildman–Crippen LogP) is 2.68. The van der Waals surface area contributed by atoms with Crippen molar-refractivity contribution in [2.45, 2.75) is 25.6 Å². The third-order valence-corrected chi connectivity index (χ3v) is 4.98. The minimum atomic E-state index is -0.957. The molecule has 2 aliphatic heterocycles. The maximum absolute atomic E-state index is 13.2. The number of fused-ring (bicyclic) bond motifs is 1. The first-order valence-electron chi connectivity index (χ1n) is 9.22. The van der Waals surface area contributed by atoms with E-state index in [0.29, 0.717) is 5.82 Å². The third kappa shape index (κ3) is 2.93. The molecule has 3 heterocycles. The molecule has 0 N–H and O–H groups in total. The van der Waals surface area contributed by atoms with Crippen LogP contribution in [-0.2, 0) is 16.1 Å². The highest BCUT2D eigenvalue weighted by atomic mass is 19.1. The molecule has 10 heteroatoms. The van der Waals surface area contributed by atoms with Crippen molar-refractivity contribution in [3.05, 3.63) is 65.8 Å². The second-order valence-corrected chi connectivity index (χ2v) is 7.06. The van der Waals surface area contributed by atoms with Crippen molar-refractivity contribution in [1.29, 1.82) is 0 Å². The monoisotopic (exact) mass is 406 g/mol. The molecule has 0 bridgehead atoms. The van der Waals surface area contributed by atoms with Gasteiger partial charge in [0.05, 0.1) is 5.69 Å². The molecule has 2 amide bonds. The summed E-state index contributed by atoms with van der Waals surface area (Å²) < 4.78 is 18.5. The molecule has 1 aromatic heterocycles. The first kappa shape index (κ1) is 18.1. The number of aromatic nitrogens is 2. The summed E-state index contributed by atoms with van der Waals surface area (Å²) in [4.78, 5) is 31.0. The number of carbonyl (C=O) groups is 2. The Hall–Kier alpha value is -3.95. The van der Waals surface area contributed by atoms with Crippen molar-refractivity contribution in [2.75, 3.05) is 4.90 Å². The molecule has 150 valence electrons. The lowest BCUT2D eigenvalue weighted by atomic mass is 10.1. The molecule has 0 saturated carbocycles. The van der Waals surface area contributed by atoms with Gasteiger partial charge in [0.2, 0.25) is 11.7 Å². The first-order chi connectivity index (χ1) is 14.5. The number of hydrogen-bond donors (Lipinski definition) is 0. The third-order valence-electron chi connectivity index (χ3n) is 4.98. The zero-order valence-corrected chi connectivity index (χ0v) is 15.8. The average molecular weight is 406 g/mol. The summed E-state index contributed by atoms with van der Waals surface area (Å²) in [5.41, 5.74) is 2.15. The second kappa shape index (κ2) is 6.83. The zero-order valence-electron chi connectivity index (χ0n) is 15.8. The van der Waals surface area contributed by atoms with E-state index in [4.69, 9.17) is 4.52 Å². The summed E-state index contributed by atoms with van der Waals surface area (Å²) in [7, 11) is 0. The van der Waals surface area contributed by atoms with E-state index in [9.17, 15) is 14.0 Å². The summed E-state index contributed by atoms with van der Waals surface area (Å²) in [6, 6.07) is 10.9. The van der Waals surface area contributed by atoms with Crippen molar-refractivity contribution in [2.24, 2.45) is 10.3 Å². The Labute approximate surface area is 169 Å². The molecule has 5 rings (SSSR count). The fraction of sp³-hybridized carbons (Fsp3) is 0.200. The highest BCUT2D eigenvalue weighted by Gasteiger charge is 2.55. The van der Waals surface area contributed by atoms with Gasteiger partial charge >= 0.3 is 0 Å². The topological polar surface area (TPSA) is 104 Å². The van der Waals surface area contributed by atoms with Crippen molar-refractivity contribution in [3.63, 3.8) is 0 Å². The van der Waals surface area contributed by atoms with Crippen molar-refractivity contribution in [3.8, 4) is 11.4 Å². The molecule has 9 nitrogen and oxygen atoms in total. The summed E-state index contributed by atoms with van der Waals surface area (Å²) >= 11 is 0. The number of aryl methyl sites for hydroxylation is 1. The number of amides is 2. The quantitative estimate of drug-likeness (QED) is 0.617. The van der Waals surface area contributed by atoms with Crippen molar-refractivity contribution >= 4 is 17.5 Å². The van der Waals surface area contributed by atoms with Crippen LogP contribution >= 0.6 is 0 Å². The van der Waals surface area contributed by atoms with Gasteiger partial charge in [-0.2, -0.15) is 10.1 Å². The van der Waals surface area contributed by atoms with E-state index in [-0.39, 0.29) is 18.1 Å². The van der Waals surface area contributed by atoms with Crippen LogP contribution < -0.4 is 4.90 Å². The Morgan fingerprint density at radius 3 is 2.67 bits per heavy atom. The van der Waals surface area contributed by atoms with Crippen LogP contribution in [0.25, 0.3) is 11.4 Å². The van der Waals surface area contributed by atoms with Gasteiger partial charge in [-0.1, -0.05) is 34.1 Å². The van der Waals surface area contributed by atoms with Crippen LogP contribution in [0.5, 0.6) is 0 Å². The van der Waals surface area contributed by atoms with E-state index >= 15 is 0 Å². The SMILES string of the molecule is Cc1cccc(-c2noc(CN3N=N[C@H]4C(=O)N(c5ccc(F)cc5)C(=O)[C@H]43)n2)c1. The molecule has 0 spiro atoms. The number of rotatable bonds is 4. The Morgan fingerprint density at radius 1 is 1.10 bits per heavy atom. The number of carbonyl (C=O) groups excluding carboxylic acids is 2. The molecule has 1 fully saturated rings. The molecule has 2 aliphatic rings. The van der Waals surface area contributed by atoms with Crippen LogP contribution in [0.2, 0.25) is 0 Å². The zero-order chi connectivity index (χ0) is 20.8. The van der Waals surface area contributed by atoms with E-state index in [0.717, 1.165) is 16.0 Å². The minimum Gasteiger partial charge on any atom is -0.337 e. The average Bonchev–Trinajstić information content (AvgIpc) is 3.42. The van der Waals surface area contributed by atoms with Crippen LogP contribution in [0.4, 0.5) is 10.1 Å². The number of imide groups is 1. The van der Waals surface area contributed by atoms with Gasteiger partial charge in [-0.25, -0.2) is 9.29 Å². The van der Waals surface area contributed by atoms with E-state index in [1.54, 1.807) is 0 Å². The molecule has 3 aromatic rings. The smallest absolute Gasteiger partial charge is 0.263 e. The Morgan fingerprint density at radius 2 is 1.90 bits per heavy atom. The van der Waals surface area contributed by atoms with E-state index in [1.807, 2.05) is 31.2 Å². The number of hydrogen-bond acceptors (Lipinski definition) is 8. The normalized spacial score (nSPS) is 20.3. The molecular formula is C20H15FN6O3. The lowest BCUT2D eigenvalue weighted by Crippen LogP contribution is -2.39. The van der Waals surface area contributed by atoms with Gasteiger partial charge in [-0.3, -0.25) is 14.6 Å². The molecule has 2 aromatic carbocycles. The van der Waals surface area contributed by atoms with Gasteiger partial charge in [-0.05, 0) is 37.3 Å². The number of nitrogens with zero attached hydrogens (tertiary/aromatic N) is 6. The fourth-order valence-electron chi connectivity index (χ4n) is 3.56. The Kier molecular flexibility index (Phi) is 4.12. The van der Waals surface area contributed by atoms with E-state index in [2.05, 4.69) is 20.5 Å². The largest absolute Gasteiger partial charge is 0.337 e. The number of halogens is 1. The highest BCUT2D eigenvalue weighted by molar-refractivity contribution is 6.25. The molecule has 1 saturated heterocycles. The van der Waals surface area contributed by atoms with Crippen LogP contribution in [0.15, 0.2) is 63.4 Å². The summed E-state index contributed by atoms with van der Waals surface area (Å²) in [5, 5.41) is 13.2. The van der Waals surface area contributed by atoms with Crippen molar-refractivity contribution in [1.82, 2.24) is 15.1 Å². The van der Waals surface area contributed by atoms with Crippen LogP contribution in [0.1, 0.15) is 11.5 Å². The second-order valence-electron chi connectivity index (χ2n) is 7.06. The highest BCUT2D eigenvalue weighted by Crippen LogP contribution is 2.32. The van der Waals surface area contributed by atoms with Gasteiger partial charge in [0, 0.05) is 5.56 Å². The number of anilines is 1. The standard InChI is InChI=1S/C20H15FN6O3/c1-11-3-2-4-12(9-11)18-22-15(30-24-18)10-26-17-16(23-25-26)19(28)27(20(17)29)14-7-5-13(21)6-8-14/h2-9,16-17H,10H2,1H3/t16-,17+/m1/s1. The fourth-order valence-corrected chi connectivity index (χ4v) is 3.56. The lowest BCUT2D eigenvalue weighted by Gasteiger charge is -2.19. The molecule has 0 aliphatic carbocycles. The molecule has 2 atom stereocenters. The molecule has 30 heavy (non-hydrogen) atoms. The Bertz CT molecular complexity index is 1180. The first-order valence-corrected chi connectivity index (χ1v) is 9.22. The van der Waals surface area contributed by atoms with Gasteiger partial charge in [0.15, 0.2) is 12.1 Å². The molecular weight excluding hydrogens is 391 g/mol. The summed E-state index contributed by atoms with van der Waals surface area (Å²) in [6.45, 7) is 1.99. The van der Waals surface area contributed by atoms with Gasteiger partial charge in [0.25, 0.3) is 11.8 Å². The summed E-state index contributed by atoms with van der Waals surface area (Å²) in [6.07, 6.45) is 0. The van der Waals surface area contributed by atoms with Crippen LogP contribution in [0, 0.1) is 12.7 Å². The van der Waals surface area contributed by atoms with Gasteiger partial charge < -0.3 is 4.52 Å². The molecule has 0 radical (unpaired) electrons. The number of benzene rings is 2. The van der Waals surface area contributed by atoms with Gasteiger partial charge in [-0.15, -0.1) is 0 Å². The predicted molar refractivity (Wildman–Crippen MR) is 101 cm³/mol. The molecule has 0 unspecified atom stereocenters. The summed E-state index contributed by atoms with van der Waals surface area (Å²) in [5.74, 6) is -0.788.